The summed E-state index contributed by atoms with van der Waals surface area (Å²) in [4.78, 5) is 16.1. The average Bonchev–Trinajstić information content (AvgIpc) is 3.08. The topological polar surface area (TPSA) is 62.2 Å². The Labute approximate surface area is 107 Å². The van der Waals surface area contributed by atoms with Gasteiger partial charge in [0, 0.05) is 6.20 Å². The fourth-order valence-electron chi connectivity index (χ4n) is 1.75. The molecule has 2 N–H and O–H groups in total. The molecule has 0 aliphatic heterocycles. The van der Waals surface area contributed by atoms with Gasteiger partial charge in [0.2, 0.25) is 0 Å². The molecule has 4 nitrogen and oxygen atoms in total. The Bertz CT molecular complexity index is 442. The highest BCUT2D eigenvalue weighted by atomic mass is 16.3. The minimum Gasteiger partial charge on any atom is -0.394 e. The third kappa shape index (κ3) is 2.70. The van der Waals surface area contributed by atoms with E-state index in [2.05, 4.69) is 31.1 Å². The predicted molar refractivity (Wildman–Crippen MR) is 69.5 cm³/mol. The van der Waals surface area contributed by atoms with Gasteiger partial charge in [-0.1, -0.05) is 26.8 Å². The first-order valence-electron chi connectivity index (χ1n) is 6.26. The Balaban J connectivity index is 2.08. The Kier molecular flexibility index (Phi) is 3.15. The first-order valence-corrected chi connectivity index (χ1v) is 6.26. The van der Waals surface area contributed by atoms with Crippen LogP contribution in [0.4, 0.5) is 0 Å². The molecule has 1 amide bonds. The predicted octanol–water partition coefficient (Wildman–Crippen LogP) is 1.63. The van der Waals surface area contributed by atoms with E-state index in [0.29, 0.717) is 5.69 Å². The molecule has 1 aromatic heterocycles. The van der Waals surface area contributed by atoms with Gasteiger partial charge in [0.25, 0.3) is 5.91 Å². The smallest absolute Gasteiger partial charge is 0.270 e. The highest BCUT2D eigenvalue weighted by Gasteiger charge is 2.43. The number of nitrogens with zero attached hydrogens (tertiary/aromatic N) is 1. The van der Waals surface area contributed by atoms with E-state index in [-0.39, 0.29) is 23.5 Å². The van der Waals surface area contributed by atoms with Crippen molar-refractivity contribution in [1.82, 2.24) is 10.3 Å². The number of hydrogen-bond donors (Lipinski definition) is 2. The molecular weight excluding hydrogens is 228 g/mol. The summed E-state index contributed by atoms with van der Waals surface area (Å²) in [6.07, 6.45) is 3.43. The highest BCUT2D eigenvalue weighted by Crippen LogP contribution is 2.34. The van der Waals surface area contributed by atoms with E-state index in [4.69, 9.17) is 5.11 Å². The average molecular weight is 248 g/mol. The zero-order chi connectivity index (χ0) is 13.4. The molecular formula is C14H20N2O2. The van der Waals surface area contributed by atoms with E-state index in [0.717, 1.165) is 18.4 Å². The number of carbonyl (C=O) groups excluding carboxylic acids is 1. The molecule has 0 unspecified atom stereocenters. The summed E-state index contributed by atoms with van der Waals surface area (Å²) in [6.45, 7) is 6.32. The lowest BCUT2D eigenvalue weighted by Gasteiger charge is -2.19. The molecule has 0 aromatic carbocycles. The van der Waals surface area contributed by atoms with Gasteiger partial charge < -0.3 is 10.4 Å². The second-order valence-electron chi connectivity index (χ2n) is 6.07. The van der Waals surface area contributed by atoms with Crippen molar-refractivity contribution in [3.05, 3.63) is 29.6 Å². The normalized spacial score (nSPS) is 17.3. The summed E-state index contributed by atoms with van der Waals surface area (Å²) in [5.74, 6) is -0.206. The number of hydrogen-bond acceptors (Lipinski definition) is 3. The van der Waals surface area contributed by atoms with Crippen molar-refractivity contribution in [2.24, 2.45) is 0 Å². The molecule has 0 atom stereocenters. The lowest BCUT2D eigenvalue weighted by atomic mass is 9.88. The maximum absolute atomic E-state index is 11.9. The quantitative estimate of drug-likeness (QED) is 0.854. The molecule has 18 heavy (non-hydrogen) atoms. The van der Waals surface area contributed by atoms with E-state index in [9.17, 15) is 4.79 Å². The van der Waals surface area contributed by atoms with Crippen LogP contribution in [0, 0.1) is 0 Å². The molecule has 0 bridgehead atoms. The van der Waals surface area contributed by atoms with Crippen LogP contribution in [-0.2, 0) is 5.41 Å². The van der Waals surface area contributed by atoms with Crippen molar-refractivity contribution < 1.29 is 9.90 Å². The number of rotatable bonds is 3. The van der Waals surface area contributed by atoms with Gasteiger partial charge in [0.05, 0.1) is 12.1 Å². The third-order valence-corrected chi connectivity index (χ3v) is 3.40. The summed E-state index contributed by atoms with van der Waals surface area (Å²) < 4.78 is 0. The number of carbonyl (C=O) groups is 1. The second kappa shape index (κ2) is 4.35. The number of aliphatic hydroxyl groups excluding tert-OH is 1. The van der Waals surface area contributed by atoms with Crippen molar-refractivity contribution >= 4 is 5.91 Å². The summed E-state index contributed by atoms with van der Waals surface area (Å²) >= 11 is 0. The van der Waals surface area contributed by atoms with E-state index < -0.39 is 0 Å². The summed E-state index contributed by atoms with van der Waals surface area (Å²) in [7, 11) is 0. The maximum atomic E-state index is 11.9. The van der Waals surface area contributed by atoms with Crippen LogP contribution < -0.4 is 5.32 Å². The highest BCUT2D eigenvalue weighted by molar-refractivity contribution is 5.93. The van der Waals surface area contributed by atoms with Crippen LogP contribution in [0.15, 0.2) is 18.3 Å². The molecule has 1 fully saturated rings. The third-order valence-electron chi connectivity index (χ3n) is 3.40. The molecule has 4 heteroatoms. The van der Waals surface area contributed by atoms with Crippen molar-refractivity contribution in [2.45, 2.75) is 44.6 Å². The second-order valence-corrected chi connectivity index (χ2v) is 6.07. The number of aliphatic hydroxyl groups is 1. The fraction of sp³-hybridized carbons (Fsp3) is 0.571. The van der Waals surface area contributed by atoms with E-state index in [1.165, 1.54) is 0 Å². The zero-order valence-electron chi connectivity index (χ0n) is 11.2. The van der Waals surface area contributed by atoms with Gasteiger partial charge in [-0.3, -0.25) is 9.78 Å². The standard InChI is InChI=1S/C14H20N2O2/c1-13(2,3)10-4-5-11(15-8-10)12(18)16-14(9-17)6-7-14/h4-5,8,17H,6-7,9H2,1-3H3,(H,16,18). The van der Waals surface area contributed by atoms with Crippen molar-refractivity contribution in [3.8, 4) is 0 Å². The molecule has 1 aliphatic carbocycles. The number of aromatic nitrogens is 1. The fourth-order valence-corrected chi connectivity index (χ4v) is 1.75. The molecule has 1 aliphatic rings. The Morgan fingerprint density at radius 2 is 2.11 bits per heavy atom. The Morgan fingerprint density at radius 3 is 2.50 bits per heavy atom. The summed E-state index contributed by atoms with van der Waals surface area (Å²) in [5, 5.41) is 12.0. The van der Waals surface area contributed by atoms with E-state index in [1.54, 1.807) is 12.3 Å². The van der Waals surface area contributed by atoms with Gasteiger partial charge in [0.15, 0.2) is 0 Å². The van der Waals surface area contributed by atoms with Crippen molar-refractivity contribution in [2.75, 3.05) is 6.61 Å². The molecule has 98 valence electrons. The van der Waals surface area contributed by atoms with Gasteiger partial charge >= 0.3 is 0 Å². The van der Waals surface area contributed by atoms with Crippen LogP contribution in [0.2, 0.25) is 0 Å². The van der Waals surface area contributed by atoms with Gasteiger partial charge in [-0.15, -0.1) is 0 Å². The monoisotopic (exact) mass is 248 g/mol. The lowest BCUT2D eigenvalue weighted by molar-refractivity contribution is 0.0901. The molecule has 2 rings (SSSR count). The molecule has 1 aromatic rings. The Hall–Kier alpha value is -1.42. The SMILES string of the molecule is CC(C)(C)c1ccc(C(=O)NC2(CO)CC2)nc1. The number of pyridine rings is 1. The first kappa shape index (κ1) is 13.0. The Morgan fingerprint density at radius 1 is 1.44 bits per heavy atom. The van der Waals surface area contributed by atoms with Crippen molar-refractivity contribution in [1.29, 1.82) is 0 Å². The van der Waals surface area contributed by atoms with Crippen LogP contribution in [0.5, 0.6) is 0 Å². The largest absolute Gasteiger partial charge is 0.394 e. The number of amides is 1. The van der Waals surface area contributed by atoms with Gasteiger partial charge in [-0.25, -0.2) is 0 Å². The molecule has 0 radical (unpaired) electrons. The molecule has 1 heterocycles. The zero-order valence-corrected chi connectivity index (χ0v) is 11.2. The van der Waals surface area contributed by atoms with Crippen LogP contribution in [0.1, 0.15) is 49.7 Å². The van der Waals surface area contributed by atoms with Gasteiger partial charge in [-0.2, -0.15) is 0 Å². The molecule has 0 saturated heterocycles. The molecule has 0 spiro atoms. The number of nitrogens with one attached hydrogen (secondary N) is 1. The van der Waals surface area contributed by atoms with Crippen LogP contribution in [0.3, 0.4) is 0 Å². The molecule has 1 saturated carbocycles. The van der Waals surface area contributed by atoms with Crippen LogP contribution in [0.25, 0.3) is 0 Å². The summed E-state index contributed by atoms with van der Waals surface area (Å²) in [5.41, 5.74) is 1.15. The van der Waals surface area contributed by atoms with E-state index >= 15 is 0 Å². The first-order chi connectivity index (χ1) is 8.36. The van der Waals surface area contributed by atoms with Crippen molar-refractivity contribution in [3.63, 3.8) is 0 Å². The van der Waals surface area contributed by atoms with Gasteiger partial charge in [0.1, 0.15) is 5.69 Å². The van der Waals surface area contributed by atoms with Crippen LogP contribution in [-0.4, -0.2) is 28.1 Å². The summed E-state index contributed by atoms with van der Waals surface area (Å²) in [6, 6.07) is 3.67. The minimum atomic E-state index is -0.387. The maximum Gasteiger partial charge on any atom is 0.270 e. The lowest BCUT2D eigenvalue weighted by Crippen LogP contribution is -2.39. The van der Waals surface area contributed by atoms with Crippen LogP contribution >= 0.6 is 0 Å². The van der Waals surface area contributed by atoms with E-state index in [1.807, 2.05) is 6.07 Å². The minimum absolute atomic E-state index is 0.00118. The van der Waals surface area contributed by atoms with Gasteiger partial charge in [-0.05, 0) is 29.9 Å².